The second-order valence-electron chi connectivity index (χ2n) is 8.04. The summed E-state index contributed by atoms with van der Waals surface area (Å²) in [5.74, 6) is 1.26. The molecule has 0 bridgehead atoms. The Bertz CT molecular complexity index is 784. The van der Waals surface area contributed by atoms with Crippen LogP contribution in [-0.2, 0) is 0 Å². The molecule has 0 spiro atoms. The number of amides is 1. The van der Waals surface area contributed by atoms with E-state index < -0.39 is 0 Å². The predicted molar refractivity (Wildman–Crippen MR) is 118 cm³/mol. The lowest BCUT2D eigenvalue weighted by atomic mass is 9.99. The molecule has 1 fully saturated rings. The van der Waals surface area contributed by atoms with Crippen LogP contribution in [0, 0.1) is 5.92 Å². The fourth-order valence-corrected chi connectivity index (χ4v) is 3.41. The van der Waals surface area contributed by atoms with Crippen LogP contribution in [0.2, 0.25) is 0 Å². The highest BCUT2D eigenvalue weighted by Crippen LogP contribution is 2.25. The number of piperidine rings is 1. The van der Waals surface area contributed by atoms with Crippen molar-refractivity contribution >= 4 is 23.1 Å². The first-order chi connectivity index (χ1) is 14.0. The van der Waals surface area contributed by atoms with Crippen molar-refractivity contribution in [1.29, 1.82) is 0 Å². The molecule has 1 amide bonds. The number of hydrogen-bond donors (Lipinski definition) is 2. The van der Waals surface area contributed by atoms with Crippen molar-refractivity contribution in [3.63, 3.8) is 0 Å². The average molecular weight is 397 g/mol. The van der Waals surface area contributed by atoms with E-state index in [9.17, 15) is 4.79 Å². The van der Waals surface area contributed by atoms with Crippen LogP contribution in [0.3, 0.4) is 0 Å². The van der Waals surface area contributed by atoms with Gasteiger partial charge in [-0.05, 0) is 70.1 Å². The molecule has 7 nitrogen and oxygen atoms in total. The van der Waals surface area contributed by atoms with Crippen molar-refractivity contribution in [2.75, 3.05) is 50.5 Å². The summed E-state index contributed by atoms with van der Waals surface area (Å²) in [6.45, 7) is 6.12. The third-order valence-corrected chi connectivity index (χ3v) is 5.26. The van der Waals surface area contributed by atoms with Gasteiger partial charge in [-0.15, -0.1) is 0 Å². The minimum atomic E-state index is -0.177. The van der Waals surface area contributed by atoms with Crippen molar-refractivity contribution in [2.24, 2.45) is 5.92 Å². The van der Waals surface area contributed by atoms with Crippen LogP contribution in [0.1, 0.15) is 36.7 Å². The van der Waals surface area contributed by atoms with Crippen molar-refractivity contribution in [2.45, 2.75) is 26.2 Å². The van der Waals surface area contributed by atoms with Gasteiger partial charge in [0.2, 0.25) is 0 Å². The second-order valence-corrected chi connectivity index (χ2v) is 8.04. The highest BCUT2D eigenvalue weighted by molar-refractivity contribution is 5.92. The summed E-state index contributed by atoms with van der Waals surface area (Å²) in [6.07, 6.45) is 4.82. The molecule has 2 aromatic rings. The summed E-state index contributed by atoms with van der Waals surface area (Å²) in [5, 5.41) is 6.17. The first-order valence-electron chi connectivity index (χ1n) is 10.4. The number of carbonyl (C=O) groups excluding carboxylic acids is 1. The summed E-state index contributed by atoms with van der Waals surface area (Å²) in [6, 6.07) is 10.1. The van der Waals surface area contributed by atoms with E-state index in [-0.39, 0.29) is 5.91 Å². The molecule has 1 saturated heterocycles. The van der Waals surface area contributed by atoms with Crippen molar-refractivity contribution < 1.29 is 4.79 Å². The summed E-state index contributed by atoms with van der Waals surface area (Å²) in [7, 11) is 4.04. The first-order valence-corrected chi connectivity index (χ1v) is 10.4. The Labute approximate surface area is 173 Å². The lowest BCUT2D eigenvalue weighted by Crippen LogP contribution is -2.32. The summed E-state index contributed by atoms with van der Waals surface area (Å²) < 4.78 is 0. The highest BCUT2D eigenvalue weighted by atomic mass is 16.1. The number of nitrogens with zero attached hydrogens (tertiary/aromatic N) is 4. The van der Waals surface area contributed by atoms with E-state index >= 15 is 0 Å². The van der Waals surface area contributed by atoms with E-state index in [1.165, 1.54) is 24.9 Å². The SMILES string of the molecule is CC1CCN(c2ccc(Nc3cc(C(=O)NCCCN(C)C)ncn3)cc2)CC1. The van der Waals surface area contributed by atoms with Crippen LogP contribution >= 0.6 is 0 Å². The molecule has 7 heteroatoms. The van der Waals surface area contributed by atoms with Crippen LogP contribution in [-0.4, -0.2) is 61.0 Å². The highest BCUT2D eigenvalue weighted by Gasteiger charge is 2.16. The zero-order valence-electron chi connectivity index (χ0n) is 17.7. The Kier molecular flexibility index (Phi) is 7.41. The molecule has 3 rings (SSSR count). The fourth-order valence-electron chi connectivity index (χ4n) is 3.41. The van der Waals surface area contributed by atoms with Crippen molar-refractivity contribution in [3.8, 4) is 0 Å². The standard InChI is InChI=1S/C22H32N6O/c1-17-9-13-28(14-10-17)19-7-5-18(6-8-19)26-21-15-20(24-16-25-21)22(29)23-11-4-12-27(2)3/h5-8,15-17H,4,9-14H2,1-3H3,(H,23,29)(H,24,25,26). The Hall–Kier alpha value is -2.67. The second kappa shape index (κ2) is 10.2. The fraction of sp³-hybridized carbons (Fsp3) is 0.500. The third kappa shape index (κ3) is 6.42. The Morgan fingerprint density at radius 3 is 2.59 bits per heavy atom. The molecule has 0 atom stereocenters. The van der Waals surface area contributed by atoms with Gasteiger partial charge >= 0.3 is 0 Å². The molecule has 1 aliphatic rings. The number of rotatable bonds is 8. The molecule has 1 aromatic carbocycles. The largest absolute Gasteiger partial charge is 0.372 e. The summed E-state index contributed by atoms with van der Waals surface area (Å²) in [5.41, 5.74) is 2.56. The molecule has 1 aromatic heterocycles. The molecule has 1 aliphatic heterocycles. The Balaban J connectivity index is 1.55. The monoisotopic (exact) mass is 396 g/mol. The normalized spacial score (nSPS) is 14.8. The molecule has 0 saturated carbocycles. The quantitative estimate of drug-likeness (QED) is 0.668. The van der Waals surface area contributed by atoms with Gasteiger partial charge in [0.1, 0.15) is 17.8 Å². The topological polar surface area (TPSA) is 73.4 Å². The van der Waals surface area contributed by atoms with Crippen LogP contribution in [0.15, 0.2) is 36.7 Å². The van der Waals surface area contributed by atoms with E-state index in [0.29, 0.717) is 18.1 Å². The molecule has 0 unspecified atom stereocenters. The van der Waals surface area contributed by atoms with Crippen LogP contribution in [0.5, 0.6) is 0 Å². The number of hydrogen-bond acceptors (Lipinski definition) is 6. The smallest absolute Gasteiger partial charge is 0.270 e. The van der Waals surface area contributed by atoms with E-state index in [4.69, 9.17) is 0 Å². The predicted octanol–water partition coefficient (Wildman–Crippen LogP) is 3.14. The number of anilines is 3. The van der Waals surface area contributed by atoms with E-state index in [1.54, 1.807) is 6.07 Å². The number of aromatic nitrogens is 2. The maximum Gasteiger partial charge on any atom is 0.270 e. The third-order valence-electron chi connectivity index (χ3n) is 5.26. The molecule has 2 N–H and O–H groups in total. The minimum absolute atomic E-state index is 0.177. The van der Waals surface area contributed by atoms with Gasteiger partial charge in [-0.1, -0.05) is 6.92 Å². The first kappa shape index (κ1) is 21.0. The Morgan fingerprint density at radius 1 is 1.17 bits per heavy atom. The van der Waals surface area contributed by atoms with E-state index in [1.807, 2.05) is 14.1 Å². The van der Waals surface area contributed by atoms with Gasteiger partial charge in [0, 0.05) is 37.1 Å². The lowest BCUT2D eigenvalue weighted by Gasteiger charge is -2.32. The molecule has 0 aliphatic carbocycles. The van der Waals surface area contributed by atoms with Gasteiger partial charge in [0.15, 0.2) is 0 Å². The van der Waals surface area contributed by atoms with Gasteiger partial charge in [-0.2, -0.15) is 0 Å². The summed E-state index contributed by atoms with van der Waals surface area (Å²) in [4.78, 5) is 25.2. The molecule has 2 heterocycles. The molecular weight excluding hydrogens is 364 g/mol. The van der Waals surface area contributed by atoms with Crippen LogP contribution in [0.4, 0.5) is 17.2 Å². The average Bonchev–Trinajstić information content (AvgIpc) is 2.72. The van der Waals surface area contributed by atoms with Crippen LogP contribution < -0.4 is 15.5 Å². The van der Waals surface area contributed by atoms with Gasteiger partial charge in [-0.3, -0.25) is 4.79 Å². The van der Waals surface area contributed by atoms with Crippen molar-refractivity contribution in [1.82, 2.24) is 20.2 Å². The lowest BCUT2D eigenvalue weighted by molar-refractivity contribution is 0.0947. The van der Waals surface area contributed by atoms with Gasteiger partial charge in [0.05, 0.1) is 0 Å². The number of nitrogens with one attached hydrogen (secondary N) is 2. The summed E-state index contributed by atoms with van der Waals surface area (Å²) >= 11 is 0. The maximum atomic E-state index is 12.3. The van der Waals surface area contributed by atoms with Crippen LogP contribution in [0.25, 0.3) is 0 Å². The Morgan fingerprint density at radius 2 is 1.90 bits per heavy atom. The maximum absolute atomic E-state index is 12.3. The van der Waals surface area contributed by atoms with E-state index in [0.717, 1.165) is 37.7 Å². The minimum Gasteiger partial charge on any atom is -0.372 e. The zero-order valence-corrected chi connectivity index (χ0v) is 17.7. The molecular formula is C22H32N6O. The van der Waals surface area contributed by atoms with Crippen molar-refractivity contribution in [3.05, 3.63) is 42.4 Å². The number of benzene rings is 1. The zero-order chi connectivity index (χ0) is 20.6. The molecule has 29 heavy (non-hydrogen) atoms. The van der Waals surface area contributed by atoms with Gasteiger partial charge < -0.3 is 20.4 Å². The number of carbonyl (C=O) groups is 1. The van der Waals surface area contributed by atoms with Gasteiger partial charge in [-0.25, -0.2) is 9.97 Å². The van der Waals surface area contributed by atoms with Gasteiger partial charge in [0.25, 0.3) is 5.91 Å². The molecule has 0 radical (unpaired) electrons. The van der Waals surface area contributed by atoms with E-state index in [2.05, 4.69) is 61.6 Å². The molecule has 156 valence electrons.